The number of fused-ring (bicyclic) bond motifs is 5. The summed E-state index contributed by atoms with van der Waals surface area (Å²) in [4.78, 5) is 13.0. The highest BCUT2D eigenvalue weighted by atomic mass is 16.3. The second-order valence-corrected chi connectivity index (χ2v) is 11.3. The fraction of sp³-hybridized carbons (Fsp3) is 0.870. The molecule has 0 unspecified atom stereocenters. The first-order valence-corrected chi connectivity index (χ1v) is 11.3. The quantitative estimate of drug-likeness (QED) is 0.858. The molecule has 4 saturated carbocycles. The van der Waals surface area contributed by atoms with Crippen LogP contribution in [0, 0.1) is 40.4 Å². The van der Waals surface area contributed by atoms with Gasteiger partial charge in [0.25, 0.3) is 0 Å². The lowest BCUT2D eigenvalue weighted by atomic mass is 9.37. The van der Waals surface area contributed by atoms with Crippen LogP contribution in [0.25, 0.3) is 0 Å². The van der Waals surface area contributed by atoms with Gasteiger partial charge in [0.1, 0.15) is 6.54 Å². The molecule has 4 aliphatic carbocycles. The number of carbonyl (C=O) groups is 1. The topological polar surface area (TPSA) is 68.0 Å². The molecule has 1 aromatic rings. The van der Waals surface area contributed by atoms with Gasteiger partial charge in [0.05, 0.1) is 11.8 Å². The van der Waals surface area contributed by atoms with E-state index in [2.05, 4.69) is 24.2 Å². The van der Waals surface area contributed by atoms with Gasteiger partial charge in [0.2, 0.25) is 0 Å². The van der Waals surface area contributed by atoms with Crippen molar-refractivity contribution >= 4 is 5.78 Å². The number of hydrogen-bond acceptors (Lipinski definition) is 4. The molecule has 0 spiro atoms. The van der Waals surface area contributed by atoms with Crippen LogP contribution in [0.15, 0.2) is 12.4 Å². The highest BCUT2D eigenvalue weighted by molar-refractivity contribution is 5.82. The molecule has 0 bridgehead atoms. The van der Waals surface area contributed by atoms with Crippen LogP contribution in [0.4, 0.5) is 0 Å². The summed E-state index contributed by atoms with van der Waals surface area (Å²) in [5, 5.41) is 18.4. The highest BCUT2D eigenvalue weighted by Crippen LogP contribution is 2.70. The summed E-state index contributed by atoms with van der Waals surface area (Å²) in [7, 11) is 0. The number of carbonyl (C=O) groups excluding carboxylic acids is 1. The minimum atomic E-state index is -0.463. The average Bonchev–Trinajstić information content (AvgIpc) is 3.12. The third kappa shape index (κ3) is 2.64. The predicted octanol–water partition coefficient (Wildman–Crippen LogP) is 3.87. The number of ketones is 1. The molecule has 0 amide bonds. The largest absolute Gasteiger partial charge is 0.390 e. The van der Waals surface area contributed by atoms with Crippen molar-refractivity contribution in [3.8, 4) is 0 Å². The molecule has 0 saturated heterocycles. The van der Waals surface area contributed by atoms with Crippen LogP contribution in [0.3, 0.4) is 0 Å². The lowest BCUT2D eigenvalue weighted by Gasteiger charge is -2.67. The van der Waals surface area contributed by atoms with Gasteiger partial charge in [-0.1, -0.05) is 19.1 Å². The van der Waals surface area contributed by atoms with E-state index in [0.717, 1.165) is 31.1 Å². The zero-order valence-electron chi connectivity index (χ0n) is 17.6. The average molecular weight is 386 g/mol. The standard InChI is InChI=1S/C23H35N3O2/c1-21(28)8-9-22(2)15(13-21)4-5-16-17(22)6-7-23(3)18(16)12-19(23)20(27)14-26-11-10-24-25-26/h10-11,15-19,28H,4-9,12-14H2,1-3H3/t15-,16-,17+,18+,19-,21-,22+,23+/m1/s1. The number of hydrogen-bond donors (Lipinski definition) is 1. The van der Waals surface area contributed by atoms with Crippen molar-refractivity contribution in [2.24, 2.45) is 40.4 Å². The van der Waals surface area contributed by atoms with Gasteiger partial charge in [-0.2, -0.15) is 0 Å². The van der Waals surface area contributed by atoms with E-state index in [1.165, 1.54) is 32.1 Å². The van der Waals surface area contributed by atoms with Crippen LogP contribution in [-0.2, 0) is 11.3 Å². The zero-order valence-corrected chi connectivity index (χ0v) is 17.6. The van der Waals surface area contributed by atoms with Gasteiger partial charge in [0.15, 0.2) is 5.78 Å². The Morgan fingerprint density at radius 3 is 2.68 bits per heavy atom. The molecule has 1 N–H and O–H groups in total. The minimum Gasteiger partial charge on any atom is -0.390 e. The van der Waals surface area contributed by atoms with Crippen LogP contribution < -0.4 is 0 Å². The summed E-state index contributed by atoms with van der Waals surface area (Å²) in [5.74, 6) is 3.48. The monoisotopic (exact) mass is 385 g/mol. The smallest absolute Gasteiger partial charge is 0.157 e. The van der Waals surface area contributed by atoms with Crippen molar-refractivity contribution in [3.05, 3.63) is 12.4 Å². The minimum absolute atomic E-state index is 0.183. The second-order valence-electron chi connectivity index (χ2n) is 11.3. The van der Waals surface area contributed by atoms with Crippen molar-refractivity contribution in [1.82, 2.24) is 15.0 Å². The zero-order chi connectivity index (χ0) is 19.7. The van der Waals surface area contributed by atoms with Crippen LogP contribution >= 0.6 is 0 Å². The van der Waals surface area contributed by atoms with E-state index < -0.39 is 5.60 Å². The van der Waals surface area contributed by atoms with Crippen molar-refractivity contribution in [2.75, 3.05) is 0 Å². The van der Waals surface area contributed by atoms with Gasteiger partial charge in [-0.25, -0.2) is 4.68 Å². The molecule has 5 rings (SSSR count). The first-order valence-electron chi connectivity index (χ1n) is 11.3. The molecule has 5 heteroatoms. The van der Waals surface area contributed by atoms with Gasteiger partial charge in [0, 0.05) is 12.1 Å². The lowest BCUT2D eigenvalue weighted by molar-refractivity contribution is -0.196. The van der Waals surface area contributed by atoms with E-state index in [0.29, 0.717) is 29.6 Å². The predicted molar refractivity (Wildman–Crippen MR) is 106 cm³/mol. The number of aromatic nitrogens is 3. The maximum Gasteiger partial charge on any atom is 0.157 e. The SMILES string of the molecule is C[C@@]1(O)CC[C@@]2(C)[C@H](CC[C@@H]3[C@@H]2CC[C@]2(C)[C@@H](C(=O)Cn4ccnn4)C[C@@H]32)C1. The van der Waals surface area contributed by atoms with E-state index in [-0.39, 0.29) is 11.3 Å². The molecule has 0 radical (unpaired) electrons. The Labute approximate surface area is 168 Å². The fourth-order valence-electron chi connectivity index (χ4n) is 8.10. The van der Waals surface area contributed by atoms with Gasteiger partial charge in [-0.15, -0.1) is 5.10 Å². The molecule has 154 valence electrons. The van der Waals surface area contributed by atoms with E-state index in [1.807, 2.05) is 6.92 Å². The van der Waals surface area contributed by atoms with Crippen molar-refractivity contribution in [1.29, 1.82) is 0 Å². The molecule has 5 nitrogen and oxygen atoms in total. The summed E-state index contributed by atoms with van der Waals surface area (Å²) in [6.07, 6.45) is 12.6. The molecule has 4 aliphatic rings. The maximum absolute atomic E-state index is 13.0. The van der Waals surface area contributed by atoms with Crippen LogP contribution in [0.1, 0.15) is 72.1 Å². The Morgan fingerprint density at radius 2 is 1.93 bits per heavy atom. The number of Topliss-reactive ketones (excluding diaryl/α,β-unsaturated/α-hetero) is 1. The molecule has 0 aliphatic heterocycles. The van der Waals surface area contributed by atoms with Crippen molar-refractivity contribution in [3.63, 3.8) is 0 Å². The molecule has 1 heterocycles. The van der Waals surface area contributed by atoms with E-state index in [1.54, 1.807) is 17.1 Å². The molecule has 28 heavy (non-hydrogen) atoms. The van der Waals surface area contributed by atoms with E-state index >= 15 is 0 Å². The van der Waals surface area contributed by atoms with Gasteiger partial charge in [-0.3, -0.25) is 4.79 Å². The molecule has 0 aromatic carbocycles. The summed E-state index contributed by atoms with van der Waals surface area (Å²) in [6.45, 7) is 7.32. The summed E-state index contributed by atoms with van der Waals surface area (Å²) < 4.78 is 1.67. The maximum atomic E-state index is 13.0. The summed E-state index contributed by atoms with van der Waals surface area (Å²) in [5.41, 5.74) is 0.111. The molecular formula is C23H35N3O2. The first-order chi connectivity index (χ1) is 13.2. The summed E-state index contributed by atoms with van der Waals surface area (Å²) in [6, 6.07) is 0. The first kappa shape index (κ1) is 18.8. The second kappa shape index (κ2) is 6.13. The van der Waals surface area contributed by atoms with E-state index in [9.17, 15) is 9.90 Å². The summed E-state index contributed by atoms with van der Waals surface area (Å²) >= 11 is 0. The Morgan fingerprint density at radius 1 is 1.11 bits per heavy atom. The Bertz CT molecular complexity index is 760. The van der Waals surface area contributed by atoms with Gasteiger partial charge < -0.3 is 5.11 Å². The molecule has 1 aromatic heterocycles. The third-order valence-electron chi connectivity index (χ3n) is 9.86. The Balaban J connectivity index is 1.32. The van der Waals surface area contributed by atoms with Crippen LogP contribution in [0.5, 0.6) is 0 Å². The number of nitrogens with zero attached hydrogens (tertiary/aromatic N) is 3. The lowest BCUT2D eigenvalue weighted by Crippen LogP contribution is -2.62. The van der Waals surface area contributed by atoms with Gasteiger partial charge in [-0.05, 0) is 92.8 Å². The number of rotatable bonds is 3. The van der Waals surface area contributed by atoms with E-state index in [4.69, 9.17) is 0 Å². The fourth-order valence-corrected chi connectivity index (χ4v) is 8.10. The Kier molecular flexibility index (Phi) is 4.11. The molecule has 8 atom stereocenters. The van der Waals surface area contributed by atoms with Crippen molar-refractivity contribution < 1.29 is 9.90 Å². The van der Waals surface area contributed by atoms with Crippen LogP contribution in [0.2, 0.25) is 0 Å². The Hall–Kier alpha value is -1.23. The van der Waals surface area contributed by atoms with Crippen LogP contribution in [-0.4, -0.2) is 31.5 Å². The number of aliphatic hydroxyl groups is 1. The van der Waals surface area contributed by atoms with Gasteiger partial charge >= 0.3 is 0 Å². The highest BCUT2D eigenvalue weighted by Gasteiger charge is 2.64. The van der Waals surface area contributed by atoms with Crippen molar-refractivity contribution in [2.45, 2.75) is 84.3 Å². The third-order valence-corrected chi connectivity index (χ3v) is 9.86. The molecule has 4 fully saturated rings. The normalized spacial score (nSPS) is 50.1. The molecular weight excluding hydrogens is 350 g/mol.